The number of ether oxygens (including phenoxy) is 1. The van der Waals surface area contributed by atoms with Crippen molar-refractivity contribution in [1.29, 1.82) is 0 Å². The average molecular weight is 312 g/mol. The molecule has 1 rings (SSSR count). The molecule has 2 N–H and O–H groups in total. The van der Waals surface area contributed by atoms with E-state index in [0.717, 1.165) is 12.8 Å². The van der Waals surface area contributed by atoms with E-state index in [1.165, 1.54) is 0 Å². The van der Waals surface area contributed by atoms with E-state index in [1.54, 1.807) is 18.2 Å². The standard InChI is InChI=1S/C11H15Cl2NO3S/c12-9-5-4-6-10(11(9)13)17-7-2-1-3-8-18(14,15)16/h4-6H,1-3,7-8H2,(H2,14,15,16). The van der Waals surface area contributed by atoms with Gasteiger partial charge in [0.2, 0.25) is 10.0 Å². The number of nitrogens with two attached hydrogens (primary N) is 1. The van der Waals surface area contributed by atoms with Gasteiger partial charge in [-0.1, -0.05) is 29.3 Å². The summed E-state index contributed by atoms with van der Waals surface area (Å²) in [7, 11) is -3.36. The van der Waals surface area contributed by atoms with Crippen molar-refractivity contribution < 1.29 is 13.2 Å². The Balaban J connectivity index is 2.24. The van der Waals surface area contributed by atoms with Gasteiger partial charge in [0.25, 0.3) is 0 Å². The maximum absolute atomic E-state index is 10.7. The lowest BCUT2D eigenvalue weighted by atomic mass is 10.2. The summed E-state index contributed by atoms with van der Waals surface area (Å²) in [4.78, 5) is 0. The highest BCUT2D eigenvalue weighted by Gasteiger charge is 2.05. The Labute approximate surface area is 117 Å². The highest BCUT2D eigenvalue weighted by molar-refractivity contribution is 7.89. The number of benzene rings is 1. The third kappa shape index (κ3) is 5.91. The lowest BCUT2D eigenvalue weighted by molar-refractivity contribution is 0.306. The van der Waals surface area contributed by atoms with Crippen molar-refractivity contribution in [3.8, 4) is 5.75 Å². The zero-order valence-electron chi connectivity index (χ0n) is 9.73. The van der Waals surface area contributed by atoms with Gasteiger partial charge in [0.05, 0.1) is 17.4 Å². The second-order valence-electron chi connectivity index (χ2n) is 3.83. The van der Waals surface area contributed by atoms with Crippen LogP contribution < -0.4 is 9.88 Å². The van der Waals surface area contributed by atoms with Crippen LogP contribution in [0.2, 0.25) is 10.0 Å². The van der Waals surface area contributed by atoms with Crippen molar-refractivity contribution >= 4 is 33.2 Å². The van der Waals surface area contributed by atoms with Crippen LogP contribution in [0.15, 0.2) is 18.2 Å². The van der Waals surface area contributed by atoms with E-state index in [1.807, 2.05) is 0 Å². The van der Waals surface area contributed by atoms with Gasteiger partial charge in [-0.15, -0.1) is 0 Å². The van der Waals surface area contributed by atoms with E-state index >= 15 is 0 Å². The Bertz CT molecular complexity index is 491. The van der Waals surface area contributed by atoms with Crippen molar-refractivity contribution in [2.75, 3.05) is 12.4 Å². The third-order valence-electron chi connectivity index (χ3n) is 2.25. The highest BCUT2D eigenvalue weighted by atomic mass is 35.5. The zero-order valence-corrected chi connectivity index (χ0v) is 12.1. The maximum atomic E-state index is 10.7. The molecule has 102 valence electrons. The molecule has 0 saturated heterocycles. The molecular formula is C11H15Cl2NO3S. The number of hydrogen-bond donors (Lipinski definition) is 1. The van der Waals surface area contributed by atoms with E-state index in [0.29, 0.717) is 28.8 Å². The molecule has 0 amide bonds. The van der Waals surface area contributed by atoms with Crippen LogP contribution >= 0.6 is 23.2 Å². The second-order valence-corrected chi connectivity index (χ2v) is 6.35. The SMILES string of the molecule is NS(=O)(=O)CCCCCOc1cccc(Cl)c1Cl. The minimum Gasteiger partial charge on any atom is -0.492 e. The van der Waals surface area contributed by atoms with Gasteiger partial charge in [-0.25, -0.2) is 13.6 Å². The first-order chi connectivity index (χ1) is 8.40. The van der Waals surface area contributed by atoms with Crippen LogP contribution in [0.3, 0.4) is 0 Å². The summed E-state index contributed by atoms with van der Waals surface area (Å²) < 4.78 is 26.8. The highest BCUT2D eigenvalue weighted by Crippen LogP contribution is 2.31. The van der Waals surface area contributed by atoms with Crippen molar-refractivity contribution in [3.63, 3.8) is 0 Å². The summed E-state index contributed by atoms with van der Waals surface area (Å²) in [6.45, 7) is 0.463. The number of primary sulfonamides is 1. The van der Waals surface area contributed by atoms with Gasteiger partial charge in [-0.2, -0.15) is 0 Å². The molecule has 1 aromatic rings. The topological polar surface area (TPSA) is 69.4 Å². The maximum Gasteiger partial charge on any atom is 0.209 e. The van der Waals surface area contributed by atoms with Gasteiger partial charge in [-0.3, -0.25) is 0 Å². The van der Waals surface area contributed by atoms with Crippen LogP contribution in [0.1, 0.15) is 19.3 Å². The average Bonchev–Trinajstić information content (AvgIpc) is 2.27. The molecule has 0 aromatic heterocycles. The van der Waals surface area contributed by atoms with Crippen LogP contribution in [0.5, 0.6) is 5.75 Å². The predicted octanol–water partition coefficient (Wildman–Crippen LogP) is 2.83. The first kappa shape index (κ1) is 15.6. The summed E-state index contributed by atoms with van der Waals surface area (Å²) in [6, 6.07) is 5.17. The summed E-state index contributed by atoms with van der Waals surface area (Å²) in [5.41, 5.74) is 0. The molecule has 0 heterocycles. The van der Waals surface area contributed by atoms with Gasteiger partial charge in [-0.05, 0) is 31.4 Å². The molecule has 0 atom stereocenters. The minimum absolute atomic E-state index is 0.00488. The molecule has 0 unspecified atom stereocenters. The summed E-state index contributed by atoms with van der Waals surface area (Å²) in [6.07, 6.45) is 2.00. The Morgan fingerprint density at radius 3 is 2.56 bits per heavy atom. The van der Waals surface area contributed by atoms with Crippen molar-refractivity contribution in [1.82, 2.24) is 0 Å². The molecule has 18 heavy (non-hydrogen) atoms. The number of unbranched alkanes of at least 4 members (excludes halogenated alkanes) is 2. The summed E-state index contributed by atoms with van der Waals surface area (Å²) >= 11 is 11.8. The zero-order chi connectivity index (χ0) is 13.6. The van der Waals surface area contributed by atoms with Gasteiger partial charge in [0.1, 0.15) is 10.8 Å². The summed E-state index contributed by atoms with van der Waals surface area (Å²) in [5, 5.41) is 5.73. The van der Waals surface area contributed by atoms with E-state index in [4.69, 9.17) is 33.1 Å². The number of hydrogen-bond acceptors (Lipinski definition) is 3. The van der Waals surface area contributed by atoms with Gasteiger partial charge >= 0.3 is 0 Å². The van der Waals surface area contributed by atoms with Crippen molar-refractivity contribution in [3.05, 3.63) is 28.2 Å². The van der Waals surface area contributed by atoms with Crippen LogP contribution in [-0.2, 0) is 10.0 Å². The molecule has 0 aliphatic carbocycles. The van der Waals surface area contributed by atoms with Gasteiger partial charge < -0.3 is 4.74 Å². The Hall–Kier alpha value is -0.490. The lowest BCUT2D eigenvalue weighted by Crippen LogP contribution is -2.16. The molecule has 0 bridgehead atoms. The van der Waals surface area contributed by atoms with E-state index in [9.17, 15) is 8.42 Å². The number of halogens is 2. The summed E-state index contributed by atoms with van der Waals surface area (Å²) in [5.74, 6) is 0.542. The lowest BCUT2D eigenvalue weighted by Gasteiger charge is -2.08. The van der Waals surface area contributed by atoms with Crippen LogP contribution in [0.4, 0.5) is 0 Å². The third-order valence-corrected chi connectivity index (χ3v) is 3.91. The number of sulfonamides is 1. The Kier molecular flexibility index (Phi) is 6.21. The molecule has 0 radical (unpaired) electrons. The molecule has 4 nitrogen and oxygen atoms in total. The smallest absolute Gasteiger partial charge is 0.209 e. The Morgan fingerprint density at radius 2 is 1.89 bits per heavy atom. The normalized spacial score (nSPS) is 11.5. The van der Waals surface area contributed by atoms with E-state index in [2.05, 4.69) is 0 Å². The molecule has 0 saturated carbocycles. The van der Waals surface area contributed by atoms with Crippen molar-refractivity contribution in [2.24, 2.45) is 5.14 Å². The van der Waals surface area contributed by atoms with Crippen LogP contribution in [-0.4, -0.2) is 20.8 Å². The molecule has 0 fully saturated rings. The van der Waals surface area contributed by atoms with Crippen LogP contribution in [0.25, 0.3) is 0 Å². The predicted molar refractivity (Wildman–Crippen MR) is 73.8 cm³/mol. The molecular weight excluding hydrogens is 297 g/mol. The van der Waals surface area contributed by atoms with Gasteiger partial charge in [0, 0.05) is 0 Å². The van der Waals surface area contributed by atoms with Crippen molar-refractivity contribution in [2.45, 2.75) is 19.3 Å². The van der Waals surface area contributed by atoms with E-state index < -0.39 is 10.0 Å². The second kappa shape index (κ2) is 7.19. The fraction of sp³-hybridized carbons (Fsp3) is 0.455. The van der Waals surface area contributed by atoms with E-state index in [-0.39, 0.29) is 5.75 Å². The molecule has 7 heteroatoms. The van der Waals surface area contributed by atoms with Crippen LogP contribution in [0, 0.1) is 0 Å². The molecule has 0 aliphatic rings. The first-order valence-corrected chi connectivity index (χ1v) is 7.94. The molecule has 1 aromatic carbocycles. The monoisotopic (exact) mass is 311 g/mol. The van der Waals surface area contributed by atoms with Gasteiger partial charge in [0.15, 0.2) is 0 Å². The fourth-order valence-corrected chi connectivity index (χ4v) is 2.31. The number of rotatable bonds is 7. The largest absolute Gasteiger partial charge is 0.492 e. The Morgan fingerprint density at radius 1 is 1.17 bits per heavy atom. The molecule has 0 aliphatic heterocycles. The fourth-order valence-electron chi connectivity index (χ4n) is 1.36. The minimum atomic E-state index is -3.36. The quantitative estimate of drug-likeness (QED) is 0.787. The molecule has 0 spiro atoms. The first-order valence-electron chi connectivity index (χ1n) is 5.47.